The summed E-state index contributed by atoms with van der Waals surface area (Å²) in [6.07, 6.45) is 9.97. The van der Waals surface area contributed by atoms with E-state index < -0.39 is 0 Å². The molecule has 1 aliphatic carbocycles. The first kappa shape index (κ1) is 16.3. The highest BCUT2D eigenvalue weighted by molar-refractivity contribution is 4.78. The summed E-state index contributed by atoms with van der Waals surface area (Å²) in [5.41, 5.74) is 0. The van der Waals surface area contributed by atoms with Crippen molar-refractivity contribution < 1.29 is 0 Å². The van der Waals surface area contributed by atoms with Crippen molar-refractivity contribution in [2.75, 3.05) is 26.2 Å². The third-order valence-electron chi connectivity index (χ3n) is 5.48. The maximum absolute atomic E-state index is 3.87. The van der Waals surface area contributed by atoms with E-state index >= 15 is 0 Å². The molecule has 0 spiro atoms. The van der Waals surface area contributed by atoms with Crippen molar-refractivity contribution in [2.24, 2.45) is 17.8 Å². The third-order valence-corrected chi connectivity index (χ3v) is 5.48. The number of likely N-dealkylation sites (tertiary alicyclic amines) is 1. The van der Waals surface area contributed by atoms with Crippen LogP contribution in [0, 0.1) is 17.8 Å². The molecule has 1 saturated heterocycles. The van der Waals surface area contributed by atoms with Gasteiger partial charge in [0.25, 0.3) is 0 Å². The predicted molar refractivity (Wildman–Crippen MR) is 88.0 cm³/mol. The van der Waals surface area contributed by atoms with E-state index in [1.54, 1.807) is 0 Å². The fourth-order valence-corrected chi connectivity index (χ4v) is 4.04. The van der Waals surface area contributed by atoms with Crippen LogP contribution in [-0.4, -0.2) is 37.1 Å². The molecular weight excluding hydrogens is 244 g/mol. The standard InChI is InChI=1S/C18H36N2/c1-15(2)17-7-6-8-18(10-9-17)19-13-16(3)14-20-11-4-5-12-20/h15-19H,4-14H2,1-3H3. The monoisotopic (exact) mass is 280 g/mol. The molecule has 2 rings (SSSR count). The SMILES string of the molecule is CC(CNC1CCCC(C(C)C)CC1)CN1CCCC1. The van der Waals surface area contributed by atoms with Gasteiger partial charge in [0.15, 0.2) is 0 Å². The zero-order chi connectivity index (χ0) is 14.4. The lowest BCUT2D eigenvalue weighted by atomic mass is 9.89. The van der Waals surface area contributed by atoms with Crippen LogP contribution in [0.1, 0.15) is 65.7 Å². The first-order valence-corrected chi connectivity index (χ1v) is 9.11. The Bertz CT molecular complexity index is 258. The van der Waals surface area contributed by atoms with Gasteiger partial charge >= 0.3 is 0 Å². The van der Waals surface area contributed by atoms with E-state index in [2.05, 4.69) is 31.0 Å². The summed E-state index contributed by atoms with van der Waals surface area (Å²) in [7, 11) is 0. The maximum Gasteiger partial charge on any atom is 0.00672 e. The first-order valence-electron chi connectivity index (χ1n) is 9.11. The fourth-order valence-electron chi connectivity index (χ4n) is 4.04. The predicted octanol–water partition coefficient (Wildman–Crippen LogP) is 3.91. The first-order chi connectivity index (χ1) is 9.65. The Morgan fingerprint density at radius 1 is 0.950 bits per heavy atom. The van der Waals surface area contributed by atoms with Gasteiger partial charge < -0.3 is 10.2 Å². The van der Waals surface area contributed by atoms with Gasteiger partial charge in [-0.1, -0.05) is 33.6 Å². The molecule has 20 heavy (non-hydrogen) atoms. The summed E-state index contributed by atoms with van der Waals surface area (Å²) in [6.45, 7) is 12.4. The van der Waals surface area contributed by atoms with Gasteiger partial charge in [-0.05, 0) is 69.5 Å². The lowest BCUT2D eigenvalue weighted by Gasteiger charge is -2.24. The van der Waals surface area contributed by atoms with Gasteiger partial charge in [-0.15, -0.1) is 0 Å². The van der Waals surface area contributed by atoms with Crippen LogP contribution < -0.4 is 5.32 Å². The van der Waals surface area contributed by atoms with Crippen LogP contribution in [-0.2, 0) is 0 Å². The molecule has 2 heteroatoms. The van der Waals surface area contributed by atoms with Crippen molar-refractivity contribution in [3.8, 4) is 0 Å². The highest BCUT2D eigenvalue weighted by Crippen LogP contribution is 2.28. The quantitative estimate of drug-likeness (QED) is 0.742. The van der Waals surface area contributed by atoms with Gasteiger partial charge in [-0.3, -0.25) is 0 Å². The van der Waals surface area contributed by atoms with Gasteiger partial charge in [0.2, 0.25) is 0 Å². The highest BCUT2D eigenvalue weighted by Gasteiger charge is 2.21. The van der Waals surface area contributed by atoms with Crippen LogP contribution in [0.3, 0.4) is 0 Å². The molecule has 0 bridgehead atoms. The average molecular weight is 280 g/mol. The van der Waals surface area contributed by atoms with E-state index in [0.717, 1.165) is 23.8 Å². The largest absolute Gasteiger partial charge is 0.314 e. The summed E-state index contributed by atoms with van der Waals surface area (Å²) in [5.74, 6) is 2.66. The summed E-state index contributed by atoms with van der Waals surface area (Å²) in [6, 6.07) is 0.791. The minimum Gasteiger partial charge on any atom is -0.314 e. The van der Waals surface area contributed by atoms with Crippen molar-refractivity contribution in [3.05, 3.63) is 0 Å². The van der Waals surface area contributed by atoms with E-state index in [1.807, 2.05) is 0 Å². The summed E-state index contributed by atoms with van der Waals surface area (Å²) in [4.78, 5) is 2.65. The summed E-state index contributed by atoms with van der Waals surface area (Å²) < 4.78 is 0. The zero-order valence-corrected chi connectivity index (χ0v) is 14.0. The Hall–Kier alpha value is -0.0800. The van der Waals surface area contributed by atoms with E-state index in [4.69, 9.17) is 0 Å². The second-order valence-corrected chi connectivity index (χ2v) is 7.73. The van der Waals surface area contributed by atoms with Crippen LogP contribution >= 0.6 is 0 Å². The normalized spacial score (nSPS) is 30.6. The van der Waals surface area contributed by atoms with E-state index in [0.29, 0.717) is 0 Å². The molecule has 0 aromatic heterocycles. The van der Waals surface area contributed by atoms with Gasteiger partial charge in [0, 0.05) is 12.6 Å². The zero-order valence-electron chi connectivity index (χ0n) is 14.0. The molecule has 1 saturated carbocycles. The Morgan fingerprint density at radius 3 is 2.40 bits per heavy atom. The van der Waals surface area contributed by atoms with Crippen molar-refractivity contribution in [1.29, 1.82) is 0 Å². The number of hydrogen-bond acceptors (Lipinski definition) is 2. The number of nitrogens with zero attached hydrogens (tertiary/aromatic N) is 1. The average Bonchev–Trinajstić information content (AvgIpc) is 2.79. The molecule has 1 aliphatic heterocycles. The van der Waals surface area contributed by atoms with Gasteiger partial charge in [0.05, 0.1) is 0 Å². The van der Waals surface area contributed by atoms with Gasteiger partial charge in [-0.25, -0.2) is 0 Å². The van der Waals surface area contributed by atoms with Crippen LogP contribution in [0.4, 0.5) is 0 Å². The second-order valence-electron chi connectivity index (χ2n) is 7.73. The Labute approximate surface area is 126 Å². The molecule has 3 unspecified atom stereocenters. The molecule has 0 aromatic carbocycles. The van der Waals surface area contributed by atoms with Crippen LogP contribution in [0.25, 0.3) is 0 Å². The fraction of sp³-hybridized carbons (Fsp3) is 1.00. The Morgan fingerprint density at radius 2 is 1.70 bits per heavy atom. The van der Waals surface area contributed by atoms with E-state index in [9.17, 15) is 0 Å². The minimum atomic E-state index is 0.791. The third kappa shape index (κ3) is 5.37. The van der Waals surface area contributed by atoms with E-state index in [1.165, 1.54) is 71.1 Å². The molecule has 0 radical (unpaired) electrons. The molecule has 1 heterocycles. The molecular formula is C18H36N2. The van der Waals surface area contributed by atoms with Crippen LogP contribution in [0.2, 0.25) is 0 Å². The summed E-state index contributed by atoms with van der Waals surface area (Å²) >= 11 is 0. The minimum absolute atomic E-state index is 0.791. The number of hydrogen-bond donors (Lipinski definition) is 1. The Kier molecular flexibility index (Phi) is 6.83. The molecule has 3 atom stereocenters. The summed E-state index contributed by atoms with van der Waals surface area (Å²) in [5, 5.41) is 3.87. The topological polar surface area (TPSA) is 15.3 Å². The smallest absolute Gasteiger partial charge is 0.00672 e. The van der Waals surface area contributed by atoms with Crippen LogP contribution in [0.15, 0.2) is 0 Å². The van der Waals surface area contributed by atoms with E-state index in [-0.39, 0.29) is 0 Å². The van der Waals surface area contributed by atoms with Crippen molar-refractivity contribution in [1.82, 2.24) is 10.2 Å². The van der Waals surface area contributed by atoms with Crippen molar-refractivity contribution >= 4 is 0 Å². The van der Waals surface area contributed by atoms with Crippen LogP contribution in [0.5, 0.6) is 0 Å². The maximum atomic E-state index is 3.87. The molecule has 0 amide bonds. The Balaban J connectivity index is 1.63. The molecule has 118 valence electrons. The lowest BCUT2D eigenvalue weighted by molar-refractivity contribution is 0.274. The van der Waals surface area contributed by atoms with Gasteiger partial charge in [-0.2, -0.15) is 0 Å². The molecule has 1 N–H and O–H groups in total. The number of nitrogens with one attached hydrogen (secondary N) is 1. The molecule has 0 aromatic rings. The number of rotatable bonds is 6. The lowest BCUT2D eigenvalue weighted by Crippen LogP contribution is -2.36. The second kappa shape index (κ2) is 8.38. The van der Waals surface area contributed by atoms with Gasteiger partial charge in [0.1, 0.15) is 0 Å². The van der Waals surface area contributed by atoms with Crippen molar-refractivity contribution in [2.45, 2.75) is 71.8 Å². The molecule has 2 aliphatic rings. The van der Waals surface area contributed by atoms with Crippen molar-refractivity contribution in [3.63, 3.8) is 0 Å². The highest BCUT2D eigenvalue weighted by atomic mass is 15.1. The molecule has 2 fully saturated rings. The molecule has 2 nitrogen and oxygen atoms in total.